The fourth-order valence-corrected chi connectivity index (χ4v) is 14.2. The Morgan fingerprint density at radius 3 is 1.08 bits per heavy atom. The third-order valence-electron chi connectivity index (χ3n) is 16.1. The van der Waals surface area contributed by atoms with Crippen molar-refractivity contribution >= 4 is 102 Å². The van der Waals surface area contributed by atoms with Crippen molar-refractivity contribution in [3.63, 3.8) is 0 Å². The summed E-state index contributed by atoms with van der Waals surface area (Å²) < 4.78 is 140. The van der Waals surface area contributed by atoms with Crippen LogP contribution in [-0.2, 0) is 153 Å². The van der Waals surface area contributed by atoms with Crippen LogP contribution in [0.4, 0.5) is 9.59 Å². The van der Waals surface area contributed by atoms with E-state index in [1.54, 1.807) is 98.2 Å². The lowest BCUT2D eigenvalue weighted by Gasteiger charge is -2.34. The Balaban J connectivity index is -0.000000233. The fourth-order valence-electron chi connectivity index (χ4n) is 8.17. The van der Waals surface area contributed by atoms with E-state index in [1.807, 2.05) is 137 Å². The second kappa shape index (κ2) is 81.1. The zero-order chi connectivity index (χ0) is 108. The van der Waals surface area contributed by atoms with E-state index in [9.17, 15) is 75.8 Å². The molecule has 0 heterocycles. The van der Waals surface area contributed by atoms with E-state index in [2.05, 4.69) is 49.4 Å². The molecule has 0 radical (unpaired) electrons. The molecule has 0 bridgehead atoms. The van der Waals surface area contributed by atoms with Crippen molar-refractivity contribution in [2.45, 2.75) is 345 Å². The Kier molecular flexibility index (Phi) is 85.7. The molecule has 39 heteroatoms. The van der Waals surface area contributed by atoms with Gasteiger partial charge in [0.25, 0.3) is 0 Å². The van der Waals surface area contributed by atoms with Crippen LogP contribution in [0, 0.1) is 47.3 Å². The zero-order valence-electron chi connectivity index (χ0n) is 89.7. The van der Waals surface area contributed by atoms with Crippen LogP contribution < -0.4 is 5.32 Å². The summed E-state index contributed by atoms with van der Waals surface area (Å²) >= 11 is 0. The Morgan fingerprint density at radius 2 is 0.765 bits per heavy atom. The van der Waals surface area contributed by atoms with Crippen molar-refractivity contribution in [2.24, 2.45) is 47.3 Å². The quantitative estimate of drug-likeness (QED) is 0.0211. The molecule has 0 aliphatic heterocycles. The van der Waals surface area contributed by atoms with E-state index in [1.165, 1.54) is 80.9 Å². The topological polar surface area (TPSA) is 451 Å². The molecule has 10 atom stereocenters. The molecule has 0 aliphatic rings. The van der Waals surface area contributed by atoms with Gasteiger partial charge in [0.2, 0.25) is 45.8 Å². The molecule has 2 rings (SSSR count). The van der Waals surface area contributed by atoms with Gasteiger partial charge in [0, 0.05) is 71.5 Å². The van der Waals surface area contributed by atoms with Gasteiger partial charge in [-0.1, -0.05) is 162 Å². The monoisotopic (exact) mass is 2020 g/mol. The van der Waals surface area contributed by atoms with Crippen LogP contribution >= 0.6 is 30.4 Å². The van der Waals surface area contributed by atoms with Crippen LogP contribution in [0.3, 0.4) is 0 Å². The van der Waals surface area contributed by atoms with Crippen LogP contribution in [0.1, 0.15) is 315 Å². The van der Waals surface area contributed by atoms with Gasteiger partial charge in [-0.3, -0.25) is 42.2 Å². The summed E-state index contributed by atoms with van der Waals surface area (Å²) in [6.07, 6.45) is 0.672. The first kappa shape index (κ1) is 144. The minimum absolute atomic E-state index is 0.0432. The van der Waals surface area contributed by atoms with E-state index in [0.29, 0.717) is 85.9 Å². The van der Waals surface area contributed by atoms with Gasteiger partial charge in [-0.15, -0.1) is 0 Å². The molecule has 1 N–H and O–H groups in total. The smallest absolute Gasteiger partial charge is 0.462 e. The minimum Gasteiger partial charge on any atom is -0.462 e. The maximum absolute atomic E-state index is 13.0. The molecule has 1 amide bonds. The maximum Gasteiger partial charge on any atom is 0.510 e. The second-order valence-corrected chi connectivity index (χ2v) is 42.7. The number of hydrogen-bond donors (Lipinski definition) is 1. The number of benzene rings is 2. The van der Waals surface area contributed by atoms with Crippen LogP contribution in [-0.4, -0.2) is 186 Å². The SMILES string of the molecule is CC.CC(=O)/C=C/C(=O)OC(C)C(C)C.CC(=O)/C=C/C(=O)OCC(C)C.CC(=O)CC(C)C.CC(=O)NCC(C)C.CCC(C)C.CCOC(=O)OC(C)OP(=O)(OC(C)C)OC(C)OC(C)=O.CCOC(=O)OC(C)OP(=O)(OC(C)OC(C)=O)OC(C)(C)C(C)C.CCOP(C)(=O)CCc1ccc(C(=O)OC(C)C(C)C)cc1.CCOP(C)(=O)Cc1ccc(C(=O)OCC(C)C)cc1. The number of hydrogen-bond acceptors (Lipinski definition) is 34. The number of esters is 6. The number of Topliss-reactive ketones (excluding diaryl/α,β-unsaturated/α-hetero) is 1. The van der Waals surface area contributed by atoms with Crippen LogP contribution in [0.25, 0.3) is 0 Å². The number of ether oxygens (including phenoxy) is 10. The van der Waals surface area contributed by atoms with Crippen molar-refractivity contribution in [3.8, 4) is 0 Å². The van der Waals surface area contributed by atoms with E-state index in [-0.39, 0.29) is 72.5 Å². The molecular formula is C97H175NO34P4. The molecule has 0 saturated carbocycles. The van der Waals surface area contributed by atoms with Crippen molar-refractivity contribution in [3.05, 3.63) is 95.1 Å². The number of phosphoric ester groups is 2. The molecule has 136 heavy (non-hydrogen) atoms. The second-order valence-electron chi connectivity index (χ2n) is 34.4. The number of carbonyl (C=O) groups excluding carboxylic acids is 12. The highest BCUT2D eigenvalue weighted by atomic mass is 31.2. The predicted molar refractivity (Wildman–Crippen MR) is 530 cm³/mol. The lowest BCUT2D eigenvalue weighted by atomic mass is 9.95. The summed E-state index contributed by atoms with van der Waals surface area (Å²) in [4.78, 5) is 131. The third-order valence-corrected chi connectivity index (χ3v) is 23.3. The molecule has 0 aromatic heterocycles. The number of rotatable bonds is 47. The maximum atomic E-state index is 13.0. The molecular weight excluding hydrogens is 1850 g/mol. The summed E-state index contributed by atoms with van der Waals surface area (Å²) in [6.45, 7) is 75.2. The predicted octanol–water partition coefficient (Wildman–Crippen LogP) is 23.8. The summed E-state index contributed by atoms with van der Waals surface area (Å²) in [6, 6.07) is 14.2. The number of phosphoric acid groups is 2. The molecule has 792 valence electrons. The van der Waals surface area contributed by atoms with E-state index >= 15 is 0 Å². The first-order valence-corrected chi connectivity index (χ1v) is 53.7. The van der Waals surface area contributed by atoms with E-state index < -0.39 is 103 Å². The first-order valence-electron chi connectivity index (χ1n) is 46.3. The van der Waals surface area contributed by atoms with Gasteiger partial charge in [-0.2, -0.15) is 0 Å². The van der Waals surface area contributed by atoms with Gasteiger partial charge in [-0.25, -0.2) is 56.0 Å². The highest BCUT2D eigenvalue weighted by Gasteiger charge is 2.42. The van der Waals surface area contributed by atoms with Crippen molar-refractivity contribution in [1.82, 2.24) is 5.32 Å². The van der Waals surface area contributed by atoms with Crippen LogP contribution in [0.5, 0.6) is 0 Å². The molecule has 0 saturated heterocycles. The van der Waals surface area contributed by atoms with E-state index in [4.69, 9.17) is 74.1 Å². The Hall–Kier alpha value is -7.64. The number of allylic oxidation sites excluding steroid dienone is 2. The fraction of sp³-hybridized carbons (Fsp3) is 0.711. The van der Waals surface area contributed by atoms with E-state index in [0.717, 1.165) is 42.2 Å². The molecule has 2 aromatic carbocycles. The number of ketones is 3. The molecule has 10 unspecified atom stereocenters. The summed E-state index contributed by atoms with van der Waals surface area (Å²) in [5.74, 6) is 0.361. The minimum atomic E-state index is -4.25. The summed E-state index contributed by atoms with van der Waals surface area (Å²) in [5, 5.41) is 2.71. The lowest BCUT2D eigenvalue weighted by molar-refractivity contribution is -0.165. The first-order chi connectivity index (χ1) is 62.4. The molecule has 2 aromatic rings. The normalized spacial score (nSPS) is 14.0. The zero-order valence-corrected chi connectivity index (χ0v) is 93.3. The molecule has 35 nitrogen and oxygen atoms in total. The number of nitrogens with one attached hydrogen (secondary N) is 1. The highest BCUT2D eigenvalue weighted by molar-refractivity contribution is 7.58. The Labute approximate surface area is 815 Å². The molecule has 0 spiro atoms. The van der Waals surface area contributed by atoms with Crippen LogP contribution in [0.2, 0.25) is 0 Å². The standard InChI is InChI=1S/C17H27O4P.C15H29O9P.C15H23O4P.C12H23O9P.C10H16O3.C9H14O3.C6H13NO.C6H12O.C5H12.C2H6/c1-6-20-22(5,19)12-11-15-7-9-16(10-8-15)17(18)21-14(4)13(2)3;1-9-19-14(17)21-13(6)23-25(18,22-12(5)20-11(4)16)24-15(7,8)10(2)3;1-5-19-20(4,17)11-13-6-8-14(9-7-13)15(16)18-10-12(2)3;1-7-16-12(14)18-11(6)21-22(15,19-8(2)3)20-10(5)17-9(4)13;1-7(2)9(4)13-10(12)6-5-8(3)11;1-7(2)6-12-9(11)5-4-8(3)10;1-5(2)4-7-6(3)8;1-5(2)4-6(3)7;1-4-5(2)3;1-2/h7-10,13-14H,6,11-12H2,1-5H3;10,12-13H,9H2,1-8H3;6-9,12H,5,10-11H2,1-4H3;8,10-11H,7H2,1-6H3;5-7,9H,1-4H3;4-5,7H,6H2,1-3H3;5H,4H2,1-3H3,(H,7,8);5H,4H2,1-3H3;5H,4H2,1-3H3;1-2H3/b;;;;6-5+;5-4+;;;;. The van der Waals surface area contributed by atoms with Gasteiger partial charge in [0.15, 0.2) is 11.6 Å². The van der Waals surface area contributed by atoms with Crippen LogP contribution in [0.15, 0.2) is 72.8 Å². The van der Waals surface area contributed by atoms with Gasteiger partial charge >= 0.3 is 63.8 Å². The van der Waals surface area contributed by atoms with Crippen molar-refractivity contribution in [2.75, 3.05) is 65.7 Å². The summed E-state index contributed by atoms with van der Waals surface area (Å²) in [5.41, 5.74) is 2.09. The molecule has 0 fully saturated rings. The van der Waals surface area contributed by atoms with Gasteiger partial charge in [-0.05, 0) is 219 Å². The Morgan fingerprint density at radius 1 is 0.397 bits per heavy atom. The number of carbonyl (C=O) groups is 12. The highest BCUT2D eigenvalue weighted by Crippen LogP contribution is 2.56. The van der Waals surface area contributed by atoms with Gasteiger partial charge < -0.3 is 66.5 Å². The van der Waals surface area contributed by atoms with Crippen molar-refractivity contribution in [1.29, 1.82) is 0 Å². The van der Waals surface area contributed by atoms with Gasteiger partial charge in [0.1, 0.15) is 18.0 Å². The van der Waals surface area contributed by atoms with Gasteiger partial charge in [0.05, 0.1) is 62.5 Å². The third kappa shape index (κ3) is 94.0. The number of aryl methyl sites for hydroxylation is 1. The average molecular weight is 2020 g/mol. The largest absolute Gasteiger partial charge is 0.510 e. The number of amides is 1. The average Bonchev–Trinajstić information content (AvgIpc) is 0.821. The van der Waals surface area contributed by atoms with Crippen molar-refractivity contribution < 1.29 is 159 Å². The lowest BCUT2D eigenvalue weighted by Crippen LogP contribution is -2.32. The molecule has 0 aliphatic carbocycles. The summed E-state index contributed by atoms with van der Waals surface area (Å²) in [7, 11) is -13.5. The Bertz CT molecular complexity index is 3910.